The highest BCUT2D eigenvalue weighted by molar-refractivity contribution is 7.99. The van der Waals surface area contributed by atoms with Gasteiger partial charge in [0, 0.05) is 11.1 Å². The molecule has 3 heterocycles. The van der Waals surface area contributed by atoms with Crippen molar-refractivity contribution >= 4 is 28.4 Å². The zero-order valence-electron chi connectivity index (χ0n) is 14.8. The van der Waals surface area contributed by atoms with Gasteiger partial charge < -0.3 is 9.52 Å². The lowest BCUT2D eigenvalue weighted by atomic mass is 10.1. The third-order valence-corrected chi connectivity index (χ3v) is 5.44. The molecule has 0 fully saturated rings. The highest BCUT2D eigenvalue weighted by Crippen LogP contribution is 2.32. The Labute approximate surface area is 163 Å². The van der Waals surface area contributed by atoms with Crippen LogP contribution >= 0.6 is 11.8 Å². The van der Waals surface area contributed by atoms with Crippen LogP contribution in [0.2, 0.25) is 0 Å². The van der Waals surface area contributed by atoms with Crippen molar-refractivity contribution in [2.24, 2.45) is 5.10 Å². The van der Waals surface area contributed by atoms with E-state index in [-0.39, 0.29) is 5.75 Å². The maximum atomic E-state index is 12.5. The average molecular weight is 390 g/mol. The predicted molar refractivity (Wildman–Crippen MR) is 107 cm³/mol. The van der Waals surface area contributed by atoms with Gasteiger partial charge in [-0.25, -0.2) is 4.79 Å². The Kier molecular flexibility index (Phi) is 3.80. The van der Waals surface area contributed by atoms with Crippen LogP contribution < -0.4 is 5.63 Å². The Morgan fingerprint density at radius 1 is 1.11 bits per heavy atom. The molecule has 28 heavy (non-hydrogen) atoms. The van der Waals surface area contributed by atoms with E-state index >= 15 is 0 Å². The summed E-state index contributed by atoms with van der Waals surface area (Å²) in [5.74, 6) is 0.977. The number of hydrogen-bond donors (Lipinski definition) is 1. The number of benzene rings is 2. The molecule has 1 aliphatic rings. The third-order valence-electron chi connectivity index (χ3n) is 4.51. The summed E-state index contributed by atoms with van der Waals surface area (Å²) in [6.45, 7) is 1.99. The molecular formula is C20H14N4O3S. The molecule has 0 aliphatic carbocycles. The quantitative estimate of drug-likeness (QED) is 0.527. The normalized spacial score (nSPS) is 13.4. The summed E-state index contributed by atoms with van der Waals surface area (Å²) in [6.07, 6.45) is 0. The molecule has 0 bridgehead atoms. The van der Waals surface area contributed by atoms with E-state index in [9.17, 15) is 9.90 Å². The minimum atomic E-state index is -0.434. The van der Waals surface area contributed by atoms with Gasteiger partial charge in [-0.05, 0) is 37.3 Å². The van der Waals surface area contributed by atoms with Gasteiger partial charge in [-0.2, -0.15) is 9.78 Å². The van der Waals surface area contributed by atoms with E-state index in [2.05, 4.69) is 15.3 Å². The van der Waals surface area contributed by atoms with Gasteiger partial charge >= 0.3 is 5.63 Å². The number of aromatic nitrogens is 3. The fourth-order valence-corrected chi connectivity index (χ4v) is 3.96. The fraction of sp³-hybridized carbons (Fsp3) is 0.100. The molecule has 1 N–H and O–H groups in total. The van der Waals surface area contributed by atoms with E-state index in [0.29, 0.717) is 39.2 Å². The molecule has 0 saturated carbocycles. The molecule has 5 rings (SSSR count). The molecule has 138 valence electrons. The number of phenols is 1. The number of para-hydroxylation sites is 1. The largest absolute Gasteiger partial charge is 0.507 e. The van der Waals surface area contributed by atoms with Gasteiger partial charge in [0.05, 0.1) is 16.8 Å². The number of aromatic hydroxyl groups is 1. The second kappa shape index (κ2) is 6.35. The molecule has 0 spiro atoms. The number of fused-ring (bicyclic) bond motifs is 2. The van der Waals surface area contributed by atoms with Crippen LogP contribution in [-0.2, 0) is 0 Å². The van der Waals surface area contributed by atoms with Crippen LogP contribution in [0.3, 0.4) is 0 Å². The lowest BCUT2D eigenvalue weighted by molar-refractivity contribution is 0.476. The number of hydrogen-bond acceptors (Lipinski definition) is 7. The van der Waals surface area contributed by atoms with Crippen LogP contribution in [0, 0.1) is 6.92 Å². The summed E-state index contributed by atoms with van der Waals surface area (Å²) in [5.41, 5.74) is 2.70. The van der Waals surface area contributed by atoms with Crippen LogP contribution in [0.15, 0.2) is 68.0 Å². The highest BCUT2D eigenvalue weighted by Gasteiger charge is 2.24. The monoisotopic (exact) mass is 390 g/mol. The van der Waals surface area contributed by atoms with Gasteiger partial charge in [0.25, 0.3) is 0 Å². The molecule has 7 nitrogen and oxygen atoms in total. The van der Waals surface area contributed by atoms with E-state index in [4.69, 9.17) is 4.42 Å². The molecule has 0 atom stereocenters. The lowest BCUT2D eigenvalue weighted by Crippen LogP contribution is -2.21. The van der Waals surface area contributed by atoms with Crippen LogP contribution in [0.4, 0.5) is 0 Å². The maximum Gasteiger partial charge on any atom is 0.345 e. The van der Waals surface area contributed by atoms with Crippen molar-refractivity contribution in [2.45, 2.75) is 12.1 Å². The molecule has 0 unspecified atom stereocenters. The van der Waals surface area contributed by atoms with Gasteiger partial charge in [-0.1, -0.05) is 35.5 Å². The van der Waals surface area contributed by atoms with Gasteiger partial charge in [-0.15, -0.1) is 10.2 Å². The first-order valence-electron chi connectivity index (χ1n) is 8.59. The van der Waals surface area contributed by atoms with Crippen molar-refractivity contribution in [2.75, 3.05) is 5.75 Å². The van der Waals surface area contributed by atoms with E-state index in [0.717, 1.165) is 10.9 Å². The third kappa shape index (κ3) is 2.69. The Hall–Kier alpha value is -3.39. The molecule has 4 aromatic rings. The van der Waals surface area contributed by atoms with Crippen molar-refractivity contribution < 1.29 is 9.52 Å². The van der Waals surface area contributed by atoms with Crippen molar-refractivity contribution in [3.63, 3.8) is 0 Å². The number of nitrogens with zero attached hydrogens (tertiary/aromatic N) is 4. The van der Waals surface area contributed by atoms with E-state index in [1.54, 1.807) is 35.0 Å². The first-order chi connectivity index (χ1) is 13.6. The fourth-order valence-electron chi connectivity index (χ4n) is 3.13. The molecular weight excluding hydrogens is 376 g/mol. The zero-order valence-corrected chi connectivity index (χ0v) is 15.6. The van der Waals surface area contributed by atoms with E-state index in [1.165, 1.54) is 11.8 Å². The molecule has 0 saturated heterocycles. The van der Waals surface area contributed by atoms with Gasteiger partial charge in [0.2, 0.25) is 5.16 Å². The summed E-state index contributed by atoms with van der Waals surface area (Å²) < 4.78 is 7.03. The standard InChI is InChI=1S/C20H14N4O3S/c1-11-6-7-17-12(8-11)9-14(19(26)27-17)15-10-28-20-22-21-18(24(20)23-15)13-4-2-3-5-16(13)25/h2-9,25H,10H2,1H3. The Bertz CT molecular complexity index is 1320. The zero-order chi connectivity index (χ0) is 19.3. The number of thioether (sulfide) groups is 1. The Morgan fingerprint density at radius 3 is 2.82 bits per heavy atom. The molecule has 2 aromatic heterocycles. The number of phenolic OH excluding ortho intramolecular Hbond substituents is 1. The van der Waals surface area contributed by atoms with Crippen molar-refractivity contribution in [3.8, 4) is 17.1 Å². The molecule has 1 aliphatic heterocycles. The summed E-state index contributed by atoms with van der Waals surface area (Å²) >= 11 is 1.43. The summed E-state index contributed by atoms with van der Waals surface area (Å²) in [7, 11) is 0. The maximum absolute atomic E-state index is 12.5. The second-order valence-corrected chi connectivity index (χ2v) is 7.40. The molecule has 0 amide bonds. The van der Waals surface area contributed by atoms with Crippen LogP contribution in [0.5, 0.6) is 5.75 Å². The predicted octanol–water partition coefficient (Wildman–Crippen LogP) is 3.42. The average Bonchev–Trinajstić information content (AvgIpc) is 3.11. The Morgan fingerprint density at radius 2 is 1.96 bits per heavy atom. The van der Waals surface area contributed by atoms with Crippen LogP contribution in [-0.4, -0.2) is 31.4 Å². The smallest absolute Gasteiger partial charge is 0.345 e. The molecule has 8 heteroatoms. The lowest BCUT2D eigenvalue weighted by Gasteiger charge is -2.14. The van der Waals surface area contributed by atoms with E-state index < -0.39 is 5.63 Å². The van der Waals surface area contributed by atoms with Gasteiger partial charge in [0.15, 0.2) is 5.82 Å². The van der Waals surface area contributed by atoms with Crippen molar-refractivity contribution in [1.82, 2.24) is 14.9 Å². The first kappa shape index (κ1) is 16.8. The van der Waals surface area contributed by atoms with E-state index in [1.807, 2.05) is 25.1 Å². The topological polar surface area (TPSA) is 93.5 Å². The SMILES string of the molecule is Cc1ccc2oc(=O)c(C3=Nn4c(nnc4-c4ccccc4O)SC3)cc2c1. The second-order valence-electron chi connectivity index (χ2n) is 6.46. The number of rotatable bonds is 2. The minimum absolute atomic E-state index is 0.0886. The Balaban J connectivity index is 1.67. The highest BCUT2D eigenvalue weighted by atomic mass is 32.2. The summed E-state index contributed by atoms with van der Waals surface area (Å²) in [6, 6.07) is 14.3. The number of aryl methyl sites for hydroxylation is 1. The van der Waals surface area contributed by atoms with Crippen molar-refractivity contribution in [1.29, 1.82) is 0 Å². The van der Waals surface area contributed by atoms with Crippen LogP contribution in [0.1, 0.15) is 11.1 Å². The summed E-state index contributed by atoms with van der Waals surface area (Å²) in [4.78, 5) is 12.5. The molecule has 0 radical (unpaired) electrons. The first-order valence-corrected chi connectivity index (χ1v) is 9.58. The van der Waals surface area contributed by atoms with Gasteiger partial charge in [0.1, 0.15) is 11.3 Å². The summed E-state index contributed by atoms with van der Waals surface area (Å²) in [5, 5.41) is 24.5. The minimum Gasteiger partial charge on any atom is -0.507 e. The van der Waals surface area contributed by atoms with Crippen LogP contribution in [0.25, 0.3) is 22.4 Å². The van der Waals surface area contributed by atoms with Gasteiger partial charge in [-0.3, -0.25) is 0 Å². The van der Waals surface area contributed by atoms with Crippen molar-refractivity contribution in [3.05, 3.63) is 70.1 Å². The molecule has 2 aromatic carbocycles.